The summed E-state index contributed by atoms with van der Waals surface area (Å²) in [6.07, 6.45) is 2.14. The van der Waals surface area contributed by atoms with Crippen molar-refractivity contribution >= 4 is 11.8 Å². The van der Waals surface area contributed by atoms with Crippen LogP contribution in [0, 0.1) is 5.92 Å². The van der Waals surface area contributed by atoms with Crippen molar-refractivity contribution in [1.29, 1.82) is 0 Å². The van der Waals surface area contributed by atoms with Gasteiger partial charge >= 0.3 is 0 Å². The van der Waals surface area contributed by atoms with Crippen molar-refractivity contribution in [2.75, 3.05) is 13.1 Å². The second-order valence-corrected chi connectivity index (χ2v) is 13.3. The molecule has 2 amide bonds. The normalized spacial score (nSPS) is 33.7. The largest absolute Gasteiger partial charge is 0.485 e. The van der Waals surface area contributed by atoms with Gasteiger partial charge < -0.3 is 19.7 Å². The van der Waals surface area contributed by atoms with Gasteiger partial charge in [0, 0.05) is 12.1 Å². The van der Waals surface area contributed by atoms with Crippen molar-refractivity contribution in [3.8, 4) is 11.5 Å². The number of ether oxygens (including phenoxy) is 2. The average Bonchev–Trinajstić information content (AvgIpc) is 3.72. The summed E-state index contributed by atoms with van der Waals surface area (Å²) in [5, 5.41) is 24.9. The van der Waals surface area contributed by atoms with E-state index in [4.69, 9.17) is 9.47 Å². The fraction of sp³-hybridized carbons (Fsp3) is 0.429. The van der Waals surface area contributed by atoms with Gasteiger partial charge in [-0.2, -0.15) is 0 Å². The zero-order valence-electron chi connectivity index (χ0n) is 23.8. The maximum absolute atomic E-state index is 13.8. The molecule has 0 radical (unpaired) electrons. The second kappa shape index (κ2) is 8.91. The first kappa shape index (κ1) is 25.7. The Morgan fingerprint density at radius 2 is 1.63 bits per heavy atom. The van der Waals surface area contributed by atoms with E-state index in [1.54, 1.807) is 24.3 Å². The van der Waals surface area contributed by atoms with Crippen molar-refractivity contribution in [1.82, 2.24) is 9.80 Å². The summed E-state index contributed by atoms with van der Waals surface area (Å²) in [7, 11) is 0. The van der Waals surface area contributed by atoms with Crippen molar-refractivity contribution in [3.05, 3.63) is 94.5 Å². The fourth-order valence-electron chi connectivity index (χ4n) is 9.13. The van der Waals surface area contributed by atoms with E-state index in [9.17, 15) is 19.8 Å². The quantitative estimate of drug-likeness (QED) is 0.427. The molecular formula is C35H34N2O6. The lowest BCUT2D eigenvalue weighted by Gasteiger charge is -2.65. The molecule has 3 aliphatic carbocycles. The molecule has 1 saturated heterocycles. The van der Waals surface area contributed by atoms with Crippen molar-refractivity contribution < 1.29 is 29.3 Å². The Morgan fingerprint density at radius 3 is 2.35 bits per heavy atom. The van der Waals surface area contributed by atoms with Gasteiger partial charge in [-0.3, -0.25) is 19.4 Å². The van der Waals surface area contributed by atoms with Gasteiger partial charge in [-0.1, -0.05) is 48.5 Å². The number of piperidine rings is 1. The zero-order valence-corrected chi connectivity index (χ0v) is 23.8. The van der Waals surface area contributed by atoms with Crippen LogP contribution in [-0.2, 0) is 12.0 Å². The lowest BCUT2D eigenvalue weighted by atomic mass is 9.47. The summed E-state index contributed by atoms with van der Waals surface area (Å²) in [6, 6.07) is 19.6. The summed E-state index contributed by atoms with van der Waals surface area (Å²) >= 11 is 0. The summed E-state index contributed by atoms with van der Waals surface area (Å²) < 4.78 is 13.2. The van der Waals surface area contributed by atoms with Crippen molar-refractivity contribution in [2.24, 2.45) is 5.92 Å². The molecule has 3 aromatic carbocycles. The van der Waals surface area contributed by atoms with Gasteiger partial charge in [0.1, 0.15) is 12.7 Å². The van der Waals surface area contributed by atoms with Crippen LogP contribution in [0.3, 0.4) is 0 Å². The zero-order chi connectivity index (χ0) is 29.1. The number of aliphatic hydroxyl groups excluding tert-OH is 1. The van der Waals surface area contributed by atoms with Crippen LogP contribution in [0.2, 0.25) is 0 Å². The Hall–Kier alpha value is -3.72. The van der Waals surface area contributed by atoms with Gasteiger partial charge in [0.05, 0.1) is 40.3 Å². The summed E-state index contributed by atoms with van der Waals surface area (Å²) in [5.41, 5.74) is 1.18. The molecule has 3 fully saturated rings. The highest BCUT2D eigenvalue weighted by molar-refractivity contribution is 6.21. The van der Waals surface area contributed by atoms with Crippen LogP contribution in [0.1, 0.15) is 75.6 Å². The Morgan fingerprint density at radius 1 is 0.907 bits per heavy atom. The number of imide groups is 1. The highest BCUT2D eigenvalue weighted by Gasteiger charge is 2.76. The number of hydrogen-bond acceptors (Lipinski definition) is 7. The number of benzene rings is 3. The Bertz CT molecular complexity index is 1640. The van der Waals surface area contributed by atoms with Gasteiger partial charge in [-0.05, 0) is 73.9 Å². The molecule has 9 rings (SSSR count). The number of carbonyl (C=O) groups is 2. The molecular weight excluding hydrogens is 544 g/mol. The Labute approximate surface area is 249 Å². The minimum atomic E-state index is -1.30. The first-order chi connectivity index (χ1) is 20.9. The van der Waals surface area contributed by atoms with Crippen LogP contribution >= 0.6 is 0 Å². The molecule has 2 N–H and O–H groups in total. The smallest absolute Gasteiger partial charge is 0.261 e. The van der Waals surface area contributed by atoms with Gasteiger partial charge in [-0.15, -0.1) is 0 Å². The second-order valence-electron chi connectivity index (χ2n) is 13.3. The van der Waals surface area contributed by atoms with Crippen LogP contribution in [0.25, 0.3) is 0 Å². The van der Waals surface area contributed by atoms with Crippen LogP contribution in [0.15, 0.2) is 66.7 Å². The number of carbonyl (C=O) groups excluding carboxylic acids is 2. The molecule has 220 valence electrons. The van der Waals surface area contributed by atoms with Gasteiger partial charge in [0.15, 0.2) is 11.5 Å². The highest BCUT2D eigenvalue weighted by atomic mass is 16.5. The van der Waals surface area contributed by atoms with Crippen LogP contribution in [0.4, 0.5) is 0 Å². The lowest BCUT2D eigenvalue weighted by Crippen LogP contribution is -2.79. The average molecular weight is 579 g/mol. The SMILES string of the molecule is O=C1c2ccccc2C(=O)N1[C@@H]1CCC2(O)[C@H]3[C@@H](O)c4ccc(OCc5ccccc5)c5c4[C@@]2(CCN3CC2CC2)[C@H]1O5. The van der Waals surface area contributed by atoms with Crippen LogP contribution in [-0.4, -0.2) is 68.7 Å². The molecule has 8 heteroatoms. The molecule has 1 spiro atoms. The summed E-state index contributed by atoms with van der Waals surface area (Å²) in [4.78, 5) is 31.2. The maximum Gasteiger partial charge on any atom is 0.261 e. The first-order valence-corrected chi connectivity index (χ1v) is 15.5. The van der Waals surface area contributed by atoms with Crippen LogP contribution in [0.5, 0.6) is 11.5 Å². The van der Waals surface area contributed by atoms with Gasteiger partial charge in [-0.25, -0.2) is 0 Å². The highest BCUT2D eigenvalue weighted by Crippen LogP contribution is 2.68. The summed E-state index contributed by atoms with van der Waals surface area (Å²) in [6.45, 7) is 1.89. The molecule has 0 aromatic heterocycles. The molecule has 6 atom stereocenters. The molecule has 3 aromatic rings. The monoisotopic (exact) mass is 578 g/mol. The number of fused-ring (bicyclic) bond motifs is 1. The third-order valence-electron chi connectivity index (χ3n) is 11.2. The molecule has 3 aliphatic heterocycles. The fourth-order valence-corrected chi connectivity index (χ4v) is 9.13. The molecule has 8 nitrogen and oxygen atoms in total. The molecule has 6 aliphatic rings. The van der Waals surface area contributed by atoms with E-state index in [1.165, 1.54) is 17.7 Å². The number of hydrogen-bond donors (Lipinski definition) is 2. The van der Waals surface area contributed by atoms with E-state index in [1.807, 2.05) is 42.5 Å². The topological polar surface area (TPSA) is 99.5 Å². The number of rotatable bonds is 6. The predicted molar refractivity (Wildman–Crippen MR) is 156 cm³/mol. The third kappa shape index (κ3) is 3.32. The molecule has 2 saturated carbocycles. The summed E-state index contributed by atoms with van der Waals surface area (Å²) in [5.74, 6) is 1.04. The third-order valence-corrected chi connectivity index (χ3v) is 11.2. The predicted octanol–water partition coefficient (Wildman–Crippen LogP) is 3.99. The Balaban J connectivity index is 1.18. The van der Waals surface area contributed by atoms with E-state index < -0.39 is 35.3 Å². The van der Waals surface area contributed by atoms with Crippen LogP contribution < -0.4 is 9.47 Å². The van der Waals surface area contributed by atoms with Gasteiger partial charge in [0.25, 0.3) is 11.8 Å². The van der Waals surface area contributed by atoms with E-state index in [-0.39, 0.29) is 11.8 Å². The van der Waals surface area contributed by atoms with Gasteiger partial charge in [0.2, 0.25) is 0 Å². The number of likely N-dealkylation sites (tertiary alicyclic amines) is 1. The number of aliphatic hydroxyl groups is 2. The minimum absolute atomic E-state index is 0.314. The molecule has 2 bridgehead atoms. The Kier molecular flexibility index (Phi) is 5.33. The molecule has 3 heterocycles. The van der Waals surface area contributed by atoms with Crippen molar-refractivity contribution in [2.45, 2.75) is 74.0 Å². The molecule has 43 heavy (non-hydrogen) atoms. The molecule has 1 unspecified atom stereocenters. The van der Waals surface area contributed by atoms with E-state index in [0.717, 1.165) is 23.2 Å². The van der Waals surface area contributed by atoms with Crippen molar-refractivity contribution in [3.63, 3.8) is 0 Å². The van der Waals surface area contributed by atoms with E-state index in [0.29, 0.717) is 61.0 Å². The number of nitrogens with zero attached hydrogens (tertiary/aromatic N) is 2. The van der Waals surface area contributed by atoms with E-state index >= 15 is 0 Å². The minimum Gasteiger partial charge on any atom is -0.485 e. The first-order valence-electron chi connectivity index (χ1n) is 15.5. The number of amides is 2. The van der Waals surface area contributed by atoms with E-state index in [2.05, 4.69) is 4.90 Å². The standard InChI is InChI=1S/C35H34N2O6/c38-28-24-12-13-26(42-19-21-6-2-1-3-7-21)29-27(24)34-16-17-36(18-20-10-11-20)30(28)35(34,41)15-14-25(31(34)43-29)37-32(39)22-8-4-5-9-23(22)33(37)40/h1-9,12-13,20,25,28,30-31,38,41H,10-11,14-19H2/t25-,28+,30-,31+,34+,35?/m1/s1. The lowest BCUT2D eigenvalue weighted by molar-refractivity contribution is -0.220. The maximum atomic E-state index is 13.8.